The van der Waals surface area contributed by atoms with Crippen LogP contribution < -0.4 is 10.1 Å². The van der Waals surface area contributed by atoms with Gasteiger partial charge in [-0.05, 0) is 37.1 Å². The van der Waals surface area contributed by atoms with Gasteiger partial charge in [0.25, 0.3) is 5.91 Å². The summed E-state index contributed by atoms with van der Waals surface area (Å²) in [5.41, 5.74) is 1.98. The number of aldehydes is 1. The Hall–Kier alpha value is -2.34. The Morgan fingerprint density at radius 3 is 2.84 bits per heavy atom. The summed E-state index contributed by atoms with van der Waals surface area (Å²) in [6.07, 6.45) is 0.631. The number of aromatic nitrogens is 2. The second kappa shape index (κ2) is 8.67. The van der Waals surface area contributed by atoms with E-state index in [-0.39, 0.29) is 18.1 Å². The summed E-state index contributed by atoms with van der Waals surface area (Å²) in [5, 5.41) is 7.40. The smallest absolute Gasteiger partial charge is 0.272 e. The van der Waals surface area contributed by atoms with Gasteiger partial charge in [0, 0.05) is 16.3 Å². The molecule has 0 atom stereocenters. The first-order chi connectivity index (χ1) is 11.9. The summed E-state index contributed by atoms with van der Waals surface area (Å²) < 4.78 is 7.57. The van der Waals surface area contributed by atoms with E-state index in [1.807, 2.05) is 19.1 Å². The molecule has 0 spiro atoms. The Morgan fingerprint density at radius 2 is 2.16 bits per heavy atom. The number of nitrogens with one attached hydrogen (secondary N) is 1. The molecule has 0 aliphatic heterocycles. The third kappa shape index (κ3) is 5.32. The molecule has 0 saturated heterocycles. The van der Waals surface area contributed by atoms with E-state index >= 15 is 0 Å². The molecule has 6 nitrogen and oxygen atoms in total. The lowest BCUT2D eigenvalue weighted by Gasteiger charge is -2.14. The highest BCUT2D eigenvalue weighted by molar-refractivity contribution is 6.30. The zero-order valence-corrected chi connectivity index (χ0v) is 15.3. The van der Waals surface area contributed by atoms with Crippen molar-refractivity contribution in [1.82, 2.24) is 15.1 Å². The van der Waals surface area contributed by atoms with E-state index in [1.54, 1.807) is 16.8 Å². The fourth-order valence-electron chi connectivity index (χ4n) is 2.24. The first kappa shape index (κ1) is 19.0. The molecule has 1 heterocycles. The number of rotatable bonds is 8. The van der Waals surface area contributed by atoms with Crippen LogP contribution in [0.3, 0.4) is 0 Å². The Balaban J connectivity index is 2.21. The largest absolute Gasteiger partial charge is 0.493 e. The minimum absolute atomic E-state index is 0.0355. The van der Waals surface area contributed by atoms with Crippen LogP contribution in [-0.4, -0.2) is 35.1 Å². The molecular formula is C18H22ClN3O3. The summed E-state index contributed by atoms with van der Waals surface area (Å²) >= 11 is 6.12. The second-order valence-corrected chi connectivity index (χ2v) is 6.60. The molecule has 0 fully saturated rings. The number of carbonyl (C=O) groups is 2. The lowest BCUT2D eigenvalue weighted by Crippen LogP contribution is -2.25. The normalized spacial score (nSPS) is 10.8. The van der Waals surface area contributed by atoms with Gasteiger partial charge in [0.15, 0.2) is 0 Å². The van der Waals surface area contributed by atoms with Gasteiger partial charge in [0.05, 0.1) is 19.7 Å². The molecule has 1 amide bonds. The van der Waals surface area contributed by atoms with Gasteiger partial charge in [0.2, 0.25) is 0 Å². The number of benzene rings is 1. The van der Waals surface area contributed by atoms with Crippen molar-refractivity contribution in [3.8, 4) is 5.75 Å². The van der Waals surface area contributed by atoms with Crippen LogP contribution in [0.2, 0.25) is 5.02 Å². The third-order valence-corrected chi connectivity index (χ3v) is 3.71. The highest BCUT2D eigenvalue weighted by Gasteiger charge is 2.14. The van der Waals surface area contributed by atoms with Crippen molar-refractivity contribution in [2.24, 2.45) is 5.92 Å². The van der Waals surface area contributed by atoms with E-state index < -0.39 is 0 Å². The molecule has 1 aromatic carbocycles. The zero-order chi connectivity index (χ0) is 18.4. The minimum atomic E-state index is -0.378. The predicted molar refractivity (Wildman–Crippen MR) is 96.2 cm³/mol. The number of hydrogen-bond acceptors (Lipinski definition) is 4. The summed E-state index contributed by atoms with van der Waals surface area (Å²) in [6, 6.07) is 7.15. The van der Waals surface area contributed by atoms with Gasteiger partial charge in [0.1, 0.15) is 17.7 Å². The molecule has 0 unspecified atom stereocenters. The predicted octanol–water partition coefficient (Wildman–Crippen LogP) is 2.86. The Morgan fingerprint density at radius 1 is 1.40 bits per heavy atom. The van der Waals surface area contributed by atoms with Crippen molar-refractivity contribution in [2.75, 3.05) is 13.2 Å². The number of aryl methyl sites for hydroxylation is 1. The Labute approximate surface area is 152 Å². The molecule has 7 heteroatoms. The fourth-order valence-corrected chi connectivity index (χ4v) is 2.43. The average Bonchev–Trinajstić information content (AvgIpc) is 2.92. The number of amides is 1. The highest BCUT2D eigenvalue weighted by Crippen LogP contribution is 2.25. The maximum Gasteiger partial charge on any atom is 0.272 e. The van der Waals surface area contributed by atoms with Crippen LogP contribution in [0.4, 0.5) is 0 Å². The molecule has 2 rings (SSSR count). The van der Waals surface area contributed by atoms with Crippen LogP contribution in [0.15, 0.2) is 24.3 Å². The summed E-state index contributed by atoms with van der Waals surface area (Å²) in [6.45, 7) is 7.02. The quantitative estimate of drug-likeness (QED) is 0.732. The lowest BCUT2D eigenvalue weighted by atomic mass is 10.2. The van der Waals surface area contributed by atoms with Crippen molar-refractivity contribution in [3.05, 3.63) is 46.2 Å². The molecule has 134 valence electrons. The molecule has 0 aliphatic rings. The number of nitrogens with zero attached hydrogens (tertiary/aromatic N) is 2. The van der Waals surface area contributed by atoms with E-state index in [9.17, 15) is 9.59 Å². The number of ether oxygens (including phenoxy) is 1. The molecular weight excluding hydrogens is 342 g/mol. The van der Waals surface area contributed by atoms with Crippen LogP contribution in [0.1, 0.15) is 35.6 Å². The van der Waals surface area contributed by atoms with E-state index in [0.717, 1.165) is 17.0 Å². The van der Waals surface area contributed by atoms with Gasteiger partial charge in [-0.3, -0.25) is 9.48 Å². The Bertz CT molecular complexity index is 756. The maximum absolute atomic E-state index is 11.9. The van der Waals surface area contributed by atoms with Crippen molar-refractivity contribution in [3.63, 3.8) is 0 Å². The molecule has 0 aliphatic carbocycles. The molecule has 2 aromatic rings. The van der Waals surface area contributed by atoms with Gasteiger partial charge in [-0.15, -0.1) is 0 Å². The maximum atomic E-state index is 11.9. The Kier molecular flexibility index (Phi) is 6.58. The monoisotopic (exact) mass is 363 g/mol. The van der Waals surface area contributed by atoms with E-state index in [2.05, 4.69) is 24.3 Å². The molecule has 0 saturated carbocycles. The molecule has 1 N–H and O–H groups in total. The first-order valence-electron chi connectivity index (χ1n) is 8.08. The fraction of sp³-hybridized carbons (Fsp3) is 0.389. The van der Waals surface area contributed by atoms with Gasteiger partial charge in [-0.1, -0.05) is 25.4 Å². The van der Waals surface area contributed by atoms with Crippen LogP contribution in [0, 0.1) is 12.8 Å². The van der Waals surface area contributed by atoms with Crippen LogP contribution in [-0.2, 0) is 11.3 Å². The van der Waals surface area contributed by atoms with Crippen LogP contribution in [0.25, 0.3) is 0 Å². The third-order valence-electron chi connectivity index (χ3n) is 3.47. The SMILES string of the molecule is Cc1cc(C(=O)NCC=O)nn1Cc1cc(Cl)ccc1OCC(C)C. The zero-order valence-electron chi connectivity index (χ0n) is 14.6. The van der Waals surface area contributed by atoms with Crippen molar-refractivity contribution in [1.29, 1.82) is 0 Å². The highest BCUT2D eigenvalue weighted by atomic mass is 35.5. The van der Waals surface area contributed by atoms with Gasteiger partial charge in [-0.25, -0.2) is 0 Å². The van der Waals surface area contributed by atoms with Crippen molar-refractivity contribution >= 4 is 23.8 Å². The van der Waals surface area contributed by atoms with Gasteiger partial charge >= 0.3 is 0 Å². The minimum Gasteiger partial charge on any atom is -0.493 e. The molecule has 0 bridgehead atoms. The number of carbonyl (C=O) groups excluding carboxylic acids is 2. The molecule has 0 radical (unpaired) electrons. The van der Waals surface area contributed by atoms with Gasteiger partial charge in [-0.2, -0.15) is 5.10 Å². The number of halogens is 1. The first-order valence-corrected chi connectivity index (χ1v) is 8.46. The van der Waals surface area contributed by atoms with Crippen molar-refractivity contribution in [2.45, 2.75) is 27.3 Å². The second-order valence-electron chi connectivity index (χ2n) is 6.16. The lowest BCUT2D eigenvalue weighted by molar-refractivity contribution is -0.107. The van der Waals surface area contributed by atoms with Crippen molar-refractivity contribution < 1.29 is 14.3 Å². The van der Waals surface area contributed by atoms with Gasteiger partial charge < -0.3 is 14.8 Å². The number of hydrogen-bond donors (Lipinski definition) is 1. The average molecular weight is 364 g/mol. The summed E-state index contributed by atoms with van der Waals surface area (Å²) in [4.78, 5) is 22.3. The summed E-state index contributed by atoms with van der Waals surface area (Å²) in [5.74, 6) is 0.777. The van der Waals surface area contributed by atoms with E-state index in [0.29, 0.717) is 30.4 Å². The standard InChI is InChI=1S/C18H22ClN3O3/c1-12(2)11-25-17-5-4-15(19)9-14(17)10-22-13(3)8-16(21-22)18(24)20-6-7-23/h4-5,7-9,12H,6,10-11H2,1-3H3,(H,20,24). The van der Waals surface area contributed by atoms with E-state index in [4.69, 9.17) is 16.3 Å². The van der Waals surface area contributed by atoms with Crippen LogP contribution >= 0.6 is 11.6 Å². The summed E-state index contributed by atoms with van der Waals surface area (Å²) in [7, 11) is 0. The topological polar surface area (TPSA) is 73.2 Å². The molecule has 25 heavy (non-hydrogen) atoms. The van der Waals surface area contributed by atoms with E-state index in [1.165, 1.54) is 0 Å². The van der Waals surface area contributed by atoms with Crippen LogP contribution in [0.5, 0.6) is 5.75 Å². The molecule has 1 aromatic heterocycles.